The standard InChI is InChI=1S/C24H29B3O9/c28-16-21(29)23(30)24(36-27(33)20-14-8-3-9-15-20)22(35-26(32)19-12-6-2-7-13-19)17-34-25(31)18-10-4-1-5-11-18/h1-15,21-24,28-33H,16-17H2/t21-,22-,23-,24-/m1/s1. The number of rotatable bonds is 14. The molecule has 0 aromatic heterocycles. The van der Waals surface area contributed by atoms with Crippen molar-refractivity contribution >= 4 is 37.7 Å². The molecule has 36 heavy (non-hydrogen) atoms. The van der Waals surface area contributed by atoms with Gasteiger partial charge in [0.2, 0.25) is 0 Å². The second-order valence-corrected chi connectivity index (χ2v) is 8.14. The zero-order valence-electron chi connectivity index (χ0n) is 19.5. The lowest BCUT2D eigenvalue weighted by molar-refractivity contribution is -0.113. The van der Waals surface area contributed by atoms with Crippen LogP contribution in [-0.2, 0) is 14.0 Å². The highest BCUT2D eigenvalue weighted by Gasteiger charge is 2.40. The minimum Gasteiger partial charge on any atom is -0.423 e. The molecule has 0 fully saturated rings. The van der Waals surface area contributed by atoms with Gasteiger partial charge in [0, 0.05) is 0 Å². The SMILES string of the molecule is OC[C@@H](O)[C@@H](O)[C@H](OB(O)c1ccccc1)[C@@H](COB(O)c1ccccc1)OB(O)c1ccccc1. The molecule has 0 saturated heterocycles. The Morgan fingerprint density at radius 3 is 1.47 bits per heavy atom. The fourth-order valence-electron chi connectivity index (χ4n) is 3.53. The Kier molecular flexibility index (Phi) is 11.1. The molecule has 0 aliphatic carbocycles. The predicted octanol–water partition coefficient (Wildman–Crippen LogP) is -2.35. The Morgan fingerprint density at radius 1 is 0.611 bits per heavy atom. The molecule has 0 aliphatic heterocycles. The first-order chi connectivity index (χ1) is 17.4. The van der Waals surface area contributed by atoms with E-state index in [9.17, 15) is 30.4 Å². The van der Waals surface area contributed by atoms with Gasteiger partial charge >= 0.3 is 21.4 Å². The molecular formula is C24H29B3O9. The summed E-state index contributed by atoms with van der Waals surface area (Å²) in [6, 6.07) is 25.2. The van der Waals surface area contributed by atoms with Gasteiger partial charge in [0.25, 0.3) is 0 Å². The van der Waals surface area contributed by atoms with Gasteiger partial charge in [0.1, 0.15) is 12.2 Å². The molecule has 3 rings (SSSR count). The average molecular weight is 494 g/mol. The topological polar surface area (TPSA) is 149 Å². The first-order valence-corrected chi connectivity index (χ1v) is 11.5. The van der Waals surface area contributed by atoms with E-state index in [2.05, 4.69) is 0 Å². The molecule has 0 saturated carbocycles. The van der Waals surface area contributed by atoms with Crippen molar-refractivity contribution in [2.24, 2.45) is 0 Å². The maximum atomic E-state index is 10.8. The minimum atomic E-state index is -1.75. The molecule has 0 spiro atoms. The average Bonchev–Trinajstić information content (AvgIpc) is 2.94. The second kappa shape index (κ2) is 14.3. The van der Waals surface area contributed by atoms with Gasteiger partial charge in [0.05, 0.1) is 25.4 Å². The number of aliphatic hydroxyl groups is 3. The molecule has 0 radical (unpaired) electrons. The quantitative estimate of drug-likeness (QED) is 0.136. The Bertz CT molecular complexity index is 1000. The smallest absolute Gasteiger partial charge is 0.423 e. The third-order valence-electron chi connectivity index (χ3n) is 5.55. The highest BCUT2D eigenvalue weighted by Crippen LogP contribution is 2.16. The molecule has 0 aliphatic rings. The van der Waals surface area contributed by atoms with E-state index in [1.165, 1.54) is 0 Å². The van der Waals surface area contributed by atoms with Crippen LogP contribution >= 0.6 is 0 Å². The monoisotopic (exact) mass is 494 g/mol. The van der Waals surface area contributed by atoms with Gasteiger partial charge in [-0.1, -0.05) is 91.0 Å². The minimum absolute atomic E-state index is 0.362. The van der Waals surface area contributed by atoms with Gasteiger partial charge in [-0.2, -0.15) is 0 Å². The highest BCUT2D eigenvalue weighted by molar-refractivity contribution is 6.61. The van der Waals surface area contributed by atoms with Crippen LogP contribution in [-0.4, -0.2) is 89.4 Å². The van der Waals surface area contributed by atoms with Gasteiger partial charge in [-0.15, -0.1) is 0 Å². The van der Waals surface area contributed by atoms with Crippen molar-refractivity contribution in [3.05, 3.63) is 91.0 Å². The lowest BCUT2D eigenvalue weighted by Crippen LogP contribution is -2.56. The van der Waals surface area contributed by atoms with Crippen LogP contribution in [0.25, 0.3) is 0 Å². The Balaban J connectivity index is 1.87. The van der Waals surface area contributed by atoms with Gasteiger partial charge in [-0.05, 0) is 16.4 Å². The molecule has 9 nitrogen and oxygen atoms in total. The normalized spacial score (nSPS) is 14.5. The van der Waals surface area contributed by atoms with E-state index >= 15 is 0 Å². The zero-order chi connectivity index (χ0) is 25.9. The summed E-state index contributed by atoms with van der Waals surface area (Å²) in [4.78, 5) is 0. The first kappa shape index (κ1) is 28.1. The summed E-state index contributed by atoms with van der Waals surface area (Å²) in [5, 5.41) is 62.2. The predicted molar refractivity (Wildman–Crippen MR) is 137 cm³/mol. The molecule has 0 amide bonds. The lowest BCUT2D eigenvalue weighted by Gasteiger charge is -2.35. The summed E-state index contributed by atoms with van der Waals surface area (Å²) in [7, 11) is -4.41. The second-order valence-electron chi connectivity index (χ2n) is 8.14. The van der Waals surface area contributed by atoms with E-state index in [1.807, 2.05) is 0 Å². The van der Waals surface area contributed by atoms with Gasteiger partial charge in [0.15, 0.2) is 0 Å². The third kappa shape index (κ3) is 8.00. The summed E-state index contributed by atoms with van der Waals surface area (Å²) in [5.74, 6) is 0. The third-order valence-corrected chi connectivity index (χ3v) is 5.55. The van der Waals surface area contributed by atoms with Gasteiger partial charge in [-0.3, -0.25) is 0 Å². The van der Waals surface area contributed by atoms with E-state index in [-0.39, 0.29) is 0 Å². The Hall–Kier alpha value is -2.51. The van der Waals surface area contributed by atoms with E-state index in [4.69, 9.17) is 14.0 Å². The Labute approximate surface area is 211 Å². The van der Waals surface area contributed by atoms with E-state index < -0.39 is 59.0 Å². The van der Waals surface area contributed by atoms with Gasteiger partial charge in [-0.25, -0.2) is 0 Å². The fraction of sp³-hybridized carbons (Fsp3) is 0.250. The molecular weight excluding hydrogens is 465 g/mol. The summed E-state index contributed by atoms with van der Waals surface area (Å²) in [6.45, 7) is -1.22. The molecule has 3 aromatic carbocycles. The van der Waals surface area contributed by atoms with Crippen LogP contribution < -0.4 is 16.4 Å². The summed E-state index contributed by atoms with van der Waals surface area (Å²) in [5.41, 5.74) is 1.21. The van der Waals surface area contributed by atoms with Crippen LogP contribution in [0.15, 0.2) is 91.0 Å². The largest absolute Gasteiger partial charge is 0.491 e. The summed E-state index contributed by atoms with van der Waals surface area (Å²) >= 11 is 0. The molecule has 12 heteroatoms. The van der Waals surface area contributed by atoms with Crippen LogP contribution in [0.4, 0.5) is 0 Å². The van der Waals surface area contributed by atoms with Gasteiger partial charge < -0.3 is 44.4 Å². The number of benzene rings is 3. The number of hydrogen-bond donors (Lipinski definition) is 6. The molecule has 0 unspecified atom stereocenters. The molecule has 0 heterocycles. The van der Waals surface area contributed by atoms with E-state index in [0.29, 0.717) is 16.4 Å². The fourth-order valence-corrected chi connectivity index (χ4v) is 3.53. The van der Waals surface area contributed by atoms with Crippen LogP contribution in [0, 0.1) is 0 Å². The van der Waals surface area contributed by atoms with E-state index in [1.54, 1.807) is 91.0 Å². The molecule has 4 atom stereocenters. The maximum Gasteiger partial charge on any atom is 0.491 e. The first-order valence-electron chi connectivity index (χ1n) is 11.5. The van der Waals surface area contributed by atoms with Crippen LogP contribution in [0.5, 0.6) is 0 Å². The van der Waals surface area contributed by atoms with Crippen molar-refractivity contribution in [1.82, 2.24) is 0 Å². The Morgan fingerprint density at radius 2 is 1.03 bits per heavy atom. The molecule has 0 bridgehead atoms. The molecule has 6 N–H and O–H groups in total. The van der Waals surface area contributed by atoms with Crippen molar-refractivity contribution in [3.63, 3.8) is 0 Å². The van der Waals surface area contributed by atoms with Crippen molar-refractivity contribution in [3.8, 4) is 0 Å². The highest BCUT2D eigenvalue weighted by atomic mass is 16.6. The summed E-state index contributed by atoms with van der Waals surface area (Å²) in [6.07, 6.45) is -6.22. The van der Waals surface area contributed by atoms with Crippen molar-refractivity contribution in [2.75, 3.05) is 13.2 Å². The van der Waals surface area contributed by atoms with Crippen molar-refractivity contribution in [1.29, 1.82) is 0 Å². The number of aliphatic hydroxyl groups excluding tert-OH is 3. The number of hydrogen-bond acceptors (Lipinski definition) is 9. The van der Waals surface area contributed by atoms with Crippen molar-refractivity contribution < 1.29 is 44.4 Å². The van der Waals surface area contributed by atoms with Crippen LogP contribution in [0.1, 0.15) is 0 Å². The maximum absolute atomic E-state index is 10.8. The van der Waals surface area contributed by atoms with Crippen molar-refractivity contribution in [2.45, 2.75) is 24.4 Å². The molecule has 188 valence electrons. The van der Waals surface area contributed by atoms with Crippen LogP contribution in [0.2, 0.25) is 0 Å². The lowest BCUT2D eigenvalue weighted by atomic mass is 9.77. The summed E-state index contributed by atoms with van der Waals surface area (Å²) < 4.78 is 17.0. The van der Waals surface area contributed by atoms with E-state index in [0.717, 1.165) is 0 Å². The van der Waals surface area contributed by atoms with Crippen LogP contribution in [0.3, 0.4) is 0 Å². The zero-order valence-corrected chi connectivity index (χ0v) is 19.5. The molecule has 3 aromatic rings.